The lowest BCUT2D eigenvalue weighted by molar-refractivity contribution is 0.0812. The number of Topliss-reactive ketones (excluding diaryl/α,β-unsaturated/α-hetero) is 1. The maximum Gasteiger partial charge on any atom is 0.202 e. The first-order valence-corrected chi connectivity index (χ1v) is 9.77. The Morgan fingerprint density at radius 2 is 2.20 bits per heavy atom. The maximum atomic E-state index is 15.3. The number of nitrogen functional groups attached to an aromatic ring is 1. The predicted octanol–water partition coefficient (Wildman–Crippen LogP) is 2.80. The Balaban J connectivity index is 1.81. The number of imidazole rings is 1. The van der Waals surface area contributed by atoms with Gasteiger partial charge in [0.2, 0.25) is 5.43 Å². The molecule has 1 aromatic carbocycles. The molecule has 3 heterocycles. The summed E-state index contributed by atoms with van der Waals surface area (Å²) >= 11 is 0. The van der Waals surface area contributed by atoms with Crippen LogP contribution in [0.25, 0.3) is 10.9 Å². The van der Waals surface area contributed by atoms with Crippen molar-refractivity contribution in [3.8, 4) is 5.75 Å². The van der Waals surface area contributed by atoms with E-state index in [1.165, 1.54) is 13.1 Å². The Kier molecular flexibility index (Phi) is 4.76. The smallest absolute Gasteiger partial charge is 0.202 e. The maximum absolute atomic E-state index is 15.3. The first-order valence-electron chi connectivity index (χ1n) is 9.77. The molecule has 1 aliphatic heterocycles. The molecule has 3 aromatic rings. The van der Waals surface area contributed by atoms with E-state index in [0.717, 1.165) is 0 Å². The molecular formula is C21H24FN5O3. The van der Waals surface area contributed by atoms with Crippen LogP contribution in [0.5, 0.6) is 5.75 Å². The summed E-state index contributed by atoms with van der Waals surface area (Å²) in [7, 11) is 0. The summed E-state index contributed by atoms with van der Waals surface area (Å²) in [6.07, 6.45) is 7.50. The first kappa shape index (κ1) is 19.9. The summed E-state index contributed by atoms with van der Waals surface area (Å²) < 4.78 is 25.1. The number of hydrogen-bond donors (Lipinski definition) is 2. The van der Waals surface area contributed by atoms with Crippen molar-refractivity contribution in [3.05, 3.63) is 46.5 Å². The topological polar surface area (TPSA) is 104 Å². The number of carbonyl (C=O) groups is 1. The number of rotatable bonds is 6. The van der Waals surface area contributed by atoms with Gasteiger partial charge in [-0.05, 0) is 27.2 Å². The number of pyridine rings is 1. The quantitative estimate of drug-likeness (QED) is 0.366. The van der Waals surface area contributed by atoms with Gasteiger partial charge in [0, 0.05) is 31.7 Å². The van der Waals surface area contributed by atoms with Crippen molar-refractivity contribution in [2.45, 2.75) is 45.9 Å². The zero-order valence-electron chi connectivity index (χ0n) is 17.2. The Labute approximate surface area is 172 Å². The van der Waals surface area contributed by atoms with Crippen LogP contribution in [0.15, 0.2) is 29.7 Å². The predicted molar refractivity (Wildman–Crippen MR) is 113 cm³/mol. The molecule has 0 amide bonds. The normalized spacial score (nSPS) is 14.5. The molecule has 9 heteroatoms. The van der Waals surface area contributed by atoms with Crippen molar-refractivity contribution in [3.63, 3.8) is 0 Å². The van der Waals surface area contributed by atoms with Gasteiger partial charge in [-0.25, -0.2) is 9.37 Å². The number of ether oxygens (including phenoxy) is 1. The molecule has 158 valence electrons. The minimum absolute atomic E-state index is 0.0155. The summed E-state index contributed by atoms with van der Waals surface area (Å²) in [6, 6.07) is 0. The van der Waals surface area contributed by atoms with Crippen molar-refractivity contribution in [1.29, 1.82) is 0 Å². The second-order valence-corrected chi connectivity index (χ2v) is 8.15. The minimum atomic E-state index is -0.748. The van der Waals surface area contributed by atoms with Gasteiger partial charge in [-0.3, -0.25) is 9.59 Å². The number of hydrogen-bond acceptors (Lipinski definition) is 6. The molecule has 0 fully saturated rings. The minimum Gasteiger partial charge on any atom is -0.481 e. The van der Waals surface area contributed by atoms with E-state index in [1.807, 2.05) is 24.6 Å². The average molecular weight is 413 g/mol. The van der Waals surface area contributed by atoms with Gasteiger partial charge in [-0.2, -0.15) is 0 Å². The Bertz CT molecular complexity index is 1200. The van der Waals surface area contributed by atoms with E-state index in [2.05, 4.69) is 10.3 Å². The monoisotopic (exact) mass is 413 g/mol. The van der Waals surface area contributed by atoms with Crippen LogP contribution in [-0.2, 0) is 13.1 Å². The van der Waals surface area contributed by atoms with Gasteiger partial charge in [-0.15, -0.1) is 0 Å². The van der Waals surface area contributed by atoms with E-state index in [1.54, 1.807) is 17.1 Å². The number of ketones is 1. The highest BCUT2D eigenvalue weighted by molar-refractivity contribution is 6.04. The molecule has 30 heavy (non-hydrogen) atoms. The van der Waals surface area contributed by atoms with E-state index >= 15 is 4.39 Å². The summed E-state index contributed by atoms with van der Waals surface area (Å²) in [5, 5.41) is 3.07. The van der Waals surface area contributed by atoms with E-state index in [9.17, 15) is 9.59 Å². The number of nitrogens with two attached hydrogens (primary N) is 1. The van der Waals surface area contributed by atoms with Crippen LogP contribution >= 0.6 is 0 Å². The first-order chi connectivity index (χ1) is 14.2. The molecule has 0 radical (unpaired) electrons. The third-order valence-electron chi connectivity index (χ3n) is 5.21. The molecule has 0 saturated heterocycles. The fourth-order valence-corrected chi connectivity index (χ4v) is 3.87. The summed E-state index contributed by atoms with van der Waals surface area (Å²) in [5.74, 6) is -0.900. The van der Waals surface area contributed by atoms with Crippen molar-refractivity contribution in [2.75, 3.05) is 17.6 Å². The molecule has 8 nitrogen and oxygen atoms in total. The molecule has 1 aliphatic rings. The molecule has 0 bridgehead atoms. The van der Waals surface area contributed by atoms with Crippen LogP contribution in [-0.4, -0.2) is 32.0 Å². The lowest BCUT2D eigenvalue weighted by Gasteiger charge is -2.35. The molecule has 3 N–H and O–H groups in total. The number of anilines is 2. The van der Waals surface area contributed by atoms with Crippen LogP contribution in [0.3, 0.4) is 0 Å². The number of nitrogens with one attached hydrogen (secondary N) is 1. The van der Waals surface area contributed by atoms with Crippen LogP contribution in [0.1, 0.15) is 37.6 Å². The zero-order valence-corrected chi connectivity index (χ0v) is 17.2. The van der Waals surface area contributed by atoms with Crippen molar-refractivity contribution < 1.29 is 13.9 Å². The second kappa shape index (κ2) is 7.16. The number of nitrogens with zero attached hydrogens (tertiary/aromatic N) is 3. The summed E-state index contributed by atoms with van der Waals surface area (Å²) in [4.78, 5) is 28.9. The molecule has 2 aromatic heterocycles. The van der Waals surface area contributed by atoms with Gasteiger partial charge < -0.3 is 24.9 Å². The van der Waals surface area contributed by atoms with Crippen LogP contribution in [0, 0.1) is 5.82 Å². The molecule has 4 rings (SSSR count). The van der Waals surface area contributed by atoms with Gasteiger partial charge in [0.25, 0.3) is 0 Å². The van der Waals surface area contributed by atoms with Gasteiger partial charge in [-0.1, -0.05) is 0 Å². The SMILES string of the molecule is CC(=O)c1cn2c3c(c(NCCCn4ccnc4)c(F)c(N)c3c1=O)OC(C)(C)C2. The number of carbonyl (C=O) groups excluding carboxylic acids is 1. The fourth-order valence-electron chi connectivity index (χ4n) is 3.87. The Morgan fingerprint density at radius 3 is 2.87 bits per heavy atom. The van der Waals surface area contributed by atoms with Crippen molar-refractivity contribution >= 4 is 28.1 Å². The lowest BCUT2D eigenvalue weighted by Crippen LogP contribution is -2.39. The van der Waals surface area contributed by atoms with E-state index in [-0.39, 0.29) is 28.1 Å². The molecular weight excluding hydrogens is 389 g/mol. The third kappa shape index (κ3) is 3.30. The highest BCUT2D eigenvalue weighted by Crippen LogP contribution is 2.44. The van der Waals surface area contributed by atoms with E-state index in [4.69, 9.17) is 10.5 Å². The highest BCUT2D eigenvalue weighted by Gasteiger charge is 2.34. The highest BCUT2D eigenvalue weighted by atomic mass is 19.1. The Morgan fingerprint density at radius 1 is 1.43 bits per heavy atom. The number of halogens is 1. The van der Waals surface area contributed by atoms with Gasteiger partial charge in [0.05, 0.1) is 35.0 Å². The standard InChI is InChI=1S/C21H24FN5O3/c1-12(28)13-9-27-10-21(2,3)30-20-17(25-5-4-7-26-8-6-24-11-26)15(22)16(23)14(18(20)27)19(13)29/h6,8-9,11,25H,4-5,7,10,23H2,1-3H3. The van der Waals surface area contributed by atoms with Crippen molar-refractivity contribution in [1.82, 2.24) is 14.1 Å². The van der Waals surface area contributed by atoms with Crippen LogP contribution < -0.4 is 21.2 Å². The van der Waals surface area contributed by atoms with Gasteiger partial charge in [0.1, 0.15) is 11.3 Å². The van der Waals surface area contributed by atoms with Gasteiger partial charge in [0.15, 0.2) is 17.3 Å². The second-order valence-electron chi connectivity index (χ2n) is 8.15. The Hall–Kier alpha value is -3.36. The van der Waals surface area contributed by atoms with Gasteiger partial charge >= 0.3 is 0 Å². The number of aromatic nitrogens is 3. The summed E-state index contributed by atoms with van der Waals surface area (Å²) in [6.45, 7) is 6.61. The third-order valence-corrected chi connectivity index (χ3v) is 5.21. The van der Waals surface area contributed by atoms with E-state index < -0.39 is 22.6 Å². The van der Waals surface area contributed by atoms with Crippen LogP contribution in [0.4, 0.5) is 15.8 Å². The van der Waals surface area contributed by atoms with Crippen molar-refractivity contribution in [2.24, 2.45) is 0 Å². The number of aryl methyl sites for hydroxylation is 1. The zero-order chi connectivity index (χ0) is 21.6. The largest absolute Gasteiger partial charge is 0.481 e. The molecule has 0 saturated carbocycles. The fraction of sp³-hybridized carbons (Fsp3) is 0.381. The molecule has 0 atom stereocenters. The summed E-state index contributed by atoms with van der Waals surface area (Å²) in [5.41, 5.74) is 5.03. The van der Waals surface area contributed by atoms with E-state index in [0.29, 0.717) is 31.6 Å². The molecule has 0 unspecified atom stereocenters. The van der Waals surface area contributed by atoms with Crippen LogP contribution in [0.2, 0.25) is 0 Å². The number of benzene rings is 1. The lowest BCUT2D eigenvalue weighted by atomic mass is 10.0. The average Bonchev–Trinajstić information content (AvgIpc) is 3.18. The molecule has 0 aliphatic carbocycles. The molecule has 0 spiro atoms.